The lowest BCUT2D eigenvalue weighted by atomic mass is 9.83. The minimum atomic E-state index is -0.0950. The van der Waals surface area contributed by atoms with E-state index in [1.807, 2.05) is 24.3 Å². The van der Waals surface area contributed by atoms with Gasteiger partial charge in [-0.2, -0.15) is 0 Å². The number of Topliss-reactive ketones (excluding diaryl/α,β-unsaturated/α-hetero) is 2. The van der Waals surface area contributed by atoms with E-state index in [4.69, 9.17) is 0 Å². The Hall–Kier alpha value is -0.960. The highest BCUT2D eigenvalue weighted by Crippen LogP contribution is 2.25. The van der Waals surface area contributed by atoms with E-state index in [0.717, 1.165) is 17.3 Å². The fourth-order valence-corrected chi connectivity index (χ4v) is 2.36. The molecule has 2 nitrogen and oxygen atoms in total. The second-order valence-electron chi connectivity index (χ2n) is 4.20. The predicted molar refractivity (Wildman–Crippen MR) is 65.4 cm³/mol. The molecule has 0 heterocycles. The molecule has 1 unspecified atom stereocenters. The lowest BCUT2D eigenvalue weighted by Crippen LogP contribution is -2.22. The van der Waals surface area contributed by atoms with Crippen molar-refractivity contribution >= 4 is 27.5 Å². The summed E-state index contributed by atoms with van der Waals surface area (Å²) < 4.78 is 0.962. The van der Waals surface area contributed by atoms with Gasteiger partial charge in [-0.05, 0) is 25.0 Å². The summed E-state index contributed by atoms with van der Waals surface area (Å²) in [5.41, 5.74) is 0.711. The molecule has 2 rings (SSSR count). The average molecular weight is 281 g/mol. The molecular formula is C13H13BrO2. The van der Waals surface area contributed by atoms with Crippen molar-refractivity contribution < 1.29 is 9.59 Å². The van der Waals surface area contributed by atoms with Crippen LogP contribution < -0.4 is 0 Å². The second-order valence-corrected chi connectivity index (χ2v) is 5.12. The summed E-state index contributed by atoms with van der Waals surface area (Å²) in [7, 11) is 0. The first kappa shape index (κ1) is 11.5. The monoisotopic (exact) mass is 280 g/mol. The Morgan fingerprint density at radius 2 is 1.94 bits per heavy atom. The Labute approximate surface area is 103 Å². The topological polar surface area (TPSA) is 34.1 Å². The first-order chi connectivity index (χ1) is 7.66. The van der Waals surface area contributed by atoms with E-state index in [1.54, 1.807) is 0 Å². The van der Waals surface area contributed by atoms with Crippen LogP contribution in [0.2, 0.25) is 0 Å². The van der Waals surface area contributed by atoms with E-state index in [2.05, 4.69) is 15.9 Å². The minimum absolute atomic E-state index is 0.0950. The number of hydrogen-bond acceptors (Lipinski definition) is 2. The van der Waals surface area contributed by atoms with Gasteiger partial charge in [0.2, 0.25) is 0 Å². The van der Waals surface area contributed by atoms with Crippen molar-refractivity contribution in [3.63, 3.8) is 0 Å². The first-order valence-electron chi connectivity index (χ1n) is 5.48. The highest BCUT2D eigenvalue weighted by molar-refractivity contribution is 9.10. The van der Waals surface area contributed by atoms with Crippen LogP contribution in [-0.2, 0) is 4.79 Å². The van der Waals surface area contributed by atoms with Crippen LogP contribution >= 0.6 is 15.9 Å². The van der Waals surface area contributed by atoms with Crippen molar-refractivity contribution in [1.82, 2.24) is 0 Å². The third kappa shape index (κ3) is 2.59. The predicted octanol–water partition coefficient (Wildman–Crippen LogP) is 3.39. The molecule has 0 bridgehead atoms. The smallest absolute Gasteiger partial charge is 0.166 e. The van der Waals surface area contributed by atoms with Crippen molar-refractivity contribution in [3.8, 4) is 0 Å². The summed E-state index contributed by atoms with van der Waals surface area (Å²) in [6, 6.07) is 7.34. The van der Waals surface area contributed by atoms with Gasteiger partial charge in [-0.15, -0.1) is 0 Å². The molecule has 0 spiro atoms. The second kappa shape index (κ2) is 4.91. The molecule has 0 saturated heterocycles. The van der Waals surface area contributed by atoms with Gasteiger partial charge in [-0.1, -0.05) is 28.1 Å². The lowest BCUT2D eigenvalue weighted by Gasteiger charge is -2.19. The van der Waals surface area contributed by atoms with Crippen molar-refractivity contribution in [2.75, 3.05) is 0 Å². The number of benzene rings is 1. The minimum Gasteiger partial charge on any atom is -0.300 e. The van der Waals surface area contributed by atoms with Gasteiger partial charge in [0, 0.05) is 28.8 Å². The molecular weight excluding hydrogens is 268 g/mol. The maximum atomic E-state index is 12.1. The third-order valence-corrected chi connectivity index (χ3v) is 3.51. The molecule has 0 N–H and O–H groups in total. The van der Waals surface area contributed by atoms with Crippen molar-refractivity contribution in [3.05, 3.63) is 34.3 Å². The van der Waals surface area contributed by atoms with E-state index in [0.29, 0.717) is 18.4 Å². The van der Waals surface area contributed by atoms with Crippen LogP contribution in [0.3, 0.4) is 0 Å². The molecule has 1 saturated carbocycles. The number of carbonyl (C=O) groups is 2. The number of rotatable bonds is 2. The normalized spacial score (nSPS) is 20.8. The van der Waals surface area contributed by atoms with Gasteiger partial charge in [0.1, 0.15) is 5.78 Å². The number of carbonyl (C=O) groups excluding carboxylic acids is 2. The number of halogens is 1. The molecule has 16 heavy (non-hydrogen) atoms. The highest BCUT2D eigenvalue weighted by Gasteiger charge is 2.26. The quantitative estimate of drug-likeness (QED) is 0.779. The molecule has 1 fully saturated rings. The van der Waals surface area contributed by atoms with Crippen LogP contribution in [0.25, 0.3) is 0 Å². The van der Waals surface area contributed by atoms with Gasteiger partial charge in [-0.3, -0.25) is 9.59 Å². The van der Waals surface area contributed by atoms with Gasteiger partial charge in [0.05, 0.1) is 0 Å². The van der Waals surface area contributed by atoms with Gasteiger partial charge < -0.3 is 0 Å². The zero-order valence-corrected chi connectivity index (χ0v) is 10.5. The molecule has 1 aromatic carbocycles. The maximum Gasteiger partial charge on any atom is 0.166 e. The van der Waals surface area contributed by atoms with E-state index in [1.165, 1.54) is 0 Å². The molecule has 1 aromatic rings. The van der Waals surface area contributed by atoms with Gasteiger partial charge in [0.25, 0.3) is 0 Å². The molecule has 1 aliphatic rings. The summed E-state index contributed by atoms with van der Waals surface area (Å²) in [4.78, 5) is 23.4. The molecule has 84 valence electrons. The zero-order chi connectivity index (χ0) is 11.5. The Bertz CT molecular complexity index is 408. The SMILES string of the molecule is O=C1CCCC(C(=O)c2ccc(Br)cc2)C1. The van der Waals surface area contributed by atoms with Crippen LogP contribution in [0.4, 0.5) is 0 Å². The molecule has 0 aromatic heterocycles. The van der Waals surface area contributed by atoms with Crippen LogP contribution in [0.1, 0.15) is 36.0 Å². The Kier molecular flexibility index (Phi) is 3.54. The number of ketones is 2. The molecule has 0 amide bonds. The Balaban J connectivity index is 2.12. The van der Waals surface area contributed by atoms with Gasteiger partial charge in [-0.25, -0.2) is 0 Å². The summed E-state index contributed by atoms with van der Waals surface area (Å²) in [6.07, 6.45) is 2.77. The average Bonchev–Trinajstić information content (AvgIpc) is 2.29. The van der Waals surface area contributed by atoms with Crippen molar-refractivity contribution in [2.24, 2.45) is 5.92 Å². The van der Waals surface area contributed by atoms with E-state index < -0.39 is 0 Å². The lowest BCUT2D eigenvalue weighted by molar-refractivity contribution is -0.121. The largest absolute Gasteiger partial charge is 0.300 e. The third-order valence-electron chi connectivity index (χ3n) is 2.98. The molecule has 1 atom stereocenters. The summed E-state index contributed by atoms with van der Waals surface area (Å²) in [5.74, 6) is 0.240. The van der Waals surface area contributed by atoms with Crippen LogP contribution in [0.5, 0.6) is 0 Å². The Morgan fingerprint density at radius 3 is 2.56 bits per heavy atom. The molecule has 0 radical (unpaired) electrons. The van der Waals surface area contributed by atoms with E-state index in [9.17, 15) is 9.59 Å². The summed E-state index contributed by atoms with van der Waals surface area (Å²) in [6.45, 7) is 0. The van der Waals surface area contributed by atoms with Crippen molar-refractivity contribution in [2.45, 2.75) is 25.7 Å². The van der Waals surface area contributed by atoms with Crippen molar-refractivity contribution in [1.29, 1.82) is 0 Å². The molecule has 3 heteroatoms. The van der Waals surface area contributed by atoms with E-state index >= 15 is 0 Å². The van der Waals surface area contributed by atoms with Crippen LogP contribution in [-0.4, -0.2) is 11.6 Å². The fourth-order valence-electron chi connectivity index (χ4n) is 2.10. The Morgan fingerprint density at radius 1 is 1.25 bits per heavy atom. The molecule has 0 aliphatic heterocycles. The first-order valence-corrected chi connectivity index (χ1v) is 6.27. The number of hydrogen-bond donors (Lipinski definition) is 0. The van der Waals surface area contributed by atoms with Gasteiger partial charge >= 0.3 is 0 Å². The van der Waals surface area contributed by atoms with E-state index in [-0.39, 0.29) is 17.5 Å². The van der Waals surface area contributed by atoms with Gasteiger partial charge in [0.15, 0.2) is 5.78 Å². The molecule has 1 aliphatic carbocycles. The van der Waals surface area contributed by atoms with Crippen LogP contribution in [0.15, 0.2) is 28.7 Å². The zero-order valence-electron chi connectivity index (χ0n) is 8.91. The highest BCUT2D eigenvalue weighted by atomic mass is 79.9. The fraction of sp³-hybridized carbons (Fsp3) is 0.385. The maximum absolute atomic E-state index is 12.1. The summed E-state index contributed by atoms with van der Waals surface area (Å²) >= 11 is 3.33. The summed E-state index contributed by atoms with van der Waals surface area (Å²) in [5, 5.41) is 0. The van der Waals surface area contributed by atoms with Crippen LogP contribution in [0, 0.1) is 5.92 Å². The standard InChI is InChI=1S/C13H13BrO2/c14-11-6-4-9(5-7-11)13(16)10-2-1-3-12(15)8-10/h4-7,10H,1-3,8H2.